The Morgan fingerprint density at radius 3 is 2.36 bits per heavy atom. The summed E-state index contributed by atoms with van der Waals surface area (Å²) in [6.07, 6.45) is 0.980. The third-order valence-corrected chi connectivity index (χ3v) is 4.33. The number of aryl methyl sites for hydroxylation is 1. The van der Waals surface area contributed by atoms with Gasteiger partial charge in [0, 0.05) is 25.9 Å². The van der Waals surface area contributed by atoms with Gasteiger partial charge in [-0.05, 0) is 26.0 Å². The Kier molecular flexibility index (Phi) is 4.36. The molecule has 22 heavy (non-hydrogen) atoms. The van der Waals surface area contributed by atoms with E-state index in [4.69, 9.17) is 14.2 Å². The van der Waals surface area contributed by atoms with Gasteiger partial charge in [-0.2, -0.15) is 0 Å². The highest BCUT2D eigenvalue weighted by atomic mass is 16.7. The van der Waals surface area contributed by atoms with Crippen molar-refractivity contribution in [1.29, 1.82) is 0 Å². The summed E-state index contributed by atoms with van der Waals surface area (Å²) < 4.78 is 17.1. The molecule has 2 saturated heterocycles. The monoisotopic (exact) mass is 305 g/mol. The summed E-state index contributed by atoms with van der Waals surface area (Å²) in [5.74, 6) is 0.300. The van der Waals surface area contributed by atoms with Gasteiger partial charge in [0.2, 0.25) is 0 Å². The van der Waals surface area contributed by atoms with Gasteiger partial charge in [-0.15, -0.1) is 0 Å². The maximum absolute atomic E-state index is 12.5. The summed E-state index contributed by atoms with van der Waals surface area (Å²) in [7, 11) is 0. The molecule has 5 heteroatoms. The van der Waals surface area contributed by atoms with Crippen molar-refractivity contribution in [1.82, 2.24) is 4.90 Å². The SMILES string of the molecule is Cc1ccc(OC(C)C(=O)N2CCC3(CC2)OCCO3)cc1. The number of amides is 1. The molecule has 0 saturated carbocycles. The average Bonchev–Trinajstić information content (AvgIpc) is 2.98. The number of hydrogen-bond donors (Lipinski definition) is 0. The van der Waals surface area contributed by atoms with Gasteiger partial charge in [0.1, 0.15) is 5.75 Å². The Hall–Kier alpha value is -1.59. The van der Waals surface area contributed by atoms with Crippen molar-refractivity contribution in [2.75, 3.05) is 26.3 Å². The Labute approximate surface area is 131 Å². The quantitative estimate of drug-likeness (QED) is 0.858. The van der Waals surface area contributed by atoms with Gasteiger partial charge in [0.15, 0.2) is 11.9 Å². The number of rotatable bonds is 3. The van der Waals surface area contributed by atoms with E-state index < -0.39 is 11.9 Å². The maximum atomic E-state index is 12.5. The number of benzene rings is 1. The van der Waals surface area contributed by atoms with Gasteiger partial charge in [0.05, 0.1) is 13.2 Å². The van der Waals surface area contributed by atoms with E-state index in [2.05, 4.69) is 0 Å². The summed E-state index contributed by atoms with van der Waals surface area (Å²) in [5, 5.41) is 0. The number of nitrogens with zero attached hydrogens (tertiary/aromatic N) is 1. The standard InChI is InChI=1S/C17H23NO4/c1-13-3-5-15(6-4-13)22-14(2)16(19)18-9-7-17(8-10-18)20-11-12-21-17/h3-6,14H,7-12H2,1-2H3. The van der Waals surface area contributed by atoms with Crippen LogP contribution in [0.1, 0.15) is 25.3 Å². The molecule has 120 valence electrons. The Bertz CT molecular complexity index is 512. The van der Waals surface area contributed by atoms with E-state index in [9.17, 15) is 4.79 Å². The summed E-state index contributed by atoms with van der Waals surface area (Å²) in [5.41, 5.74) is 1.17. The maximum Gasteiger partial charge on any atom is 0.263 e. The molecule has 2 aliphatic rings. The number of hydrogen-bond acceptors (Lipinski definition) is 4. The molecule has 1 aromatic rings. The summed E-state index contributed by atoms with van der Waals surface area (Å²) in [6, 6.07) is 7.74. The van der Waals surface area contributed by atoms with Crippen molar-refractivity contribution in [3.8, 4) is 5.75 Å². The topological polar surface area (TPSA) is 48.0 Å². The molecule has 2 fully saturated rings. The zero-order valence-corrected chi connectivity index (χ0v) is 13.2. The minimum atomic E-state index is -0.484. The average molecular weight is 305 g/mol. The van der Waals surface area contributed by atoms with E-state index in [0.717, 1.165) is 18.6 Å². The molecule has 0 aromatic heterocycles. The van der Waals surface area contributed by atoms with Crippen LogP contribution in [0.2, 0.25) is 0 Å². The fourth-order valence-electron chi connectivity index (χ4n) is 2.98. The third kappa shape index (κ3) is 3.25. The number of ether oxygens (including phenoxy) is 3. The second-order valence-electron chi connectivity index (χ2n) is 6.01. The second kappa shape index (κ2) is 6.26. The molecule has 1 spiro atoms. The van der Waals surface area contributed by atoms with Gasteiger partial charge in [-0.25, -0.2) is 0 Å². The van der Waals surface area contributed by atoms with Crippen LogP contribution in [0.5, 0.6) is 5.75 Å². The molecule has 1 aromatic carbocycles. The molecular weight excluding hydrogens is 282 g/mol. The first-order valence-electron chi connectivity index (χ1n) is 7.88. The number of likely N-dealkylation sites (tertiary alicyclic amines) is 1. The minimum Gasteiger partial charge on any atom is -0.481 e. The molecule has 0 aliphatic carbocycles. The highest BCUT2D eigenvalue weighted by Crippen LogP contribution is 2.31. The van der Waals surface area contributed by atoms with Crippen LogP contribution in [0, 0.1) is 6.92 Å². The van der Waals surface area contributed by atoms with Gasteiger partial charge in [-0.1, -0.05) is 17.7 Å². The molecule has 1 amide bonds. The smallest absolute Gasteiger partial charge is 0.263 e. The fourth-order valence-corrected chi connectivity index (χ4v) is 2.98. The number of piperidine rings is 1. The molecule has 2 aliphatic heterocycles. The number of carbonyl (C=O) groups excluding carboxylic acids is 1. The highest BCUT2D eigenvalue weighted by molar-refractivity contribution is 5.81. The van der Waals surface area contributed by atoms with Crippen LogP contribution in [0.3, 0.4) is 0 Å². The van der Waals surface area contributed by atoms with Crippen molar-refractivity contribution >= 4 is 5.91 Å². The van der Waals surface area contributed by atoms with E-state index in [0.29, 0.717) is 26.3 Å². The summed E-state index contributed by atoms with van der Waals surface area (Å²) in [4.78, 5) is 14.3. The predicted octanol–water partition coefficient (Wildman–Crippen LogP) is 2.13. The fraction of sp³-hybridized carbons (Fsp3) is 0.588. The van der Waals surface area contributed by atoms with Crippen molar-refractivity contribution in [2.45, 2.75) is 38.6 Å². The van der Waals surface area contributed by atoms with Gasteiger partial charge in [0.25, 0.3) is 5.91 Å². The largest absolute Gasteiger partial charge is 0.481 e. The second-order valence-corrected chi connectivity index (χ2v) is 6.01. The van der Waals surface area contributed by atoms with Crippen molar-refractivity contribution in [2.24, 2.45) is 0 Å². The predicted molar refractivity (Wildman–Crippen MR) is 81.7 cm³/mol. The Morgan fingerprint density at radius 2 is 1.77 bits per heavy atom. The van der Waals surface area contributed by atoms with Crippen LogP contribution in [-0.2, 0) is 14.3 Å². The molecule has 3 rings (SSSR count). The molecule has 2 heterocycles. The Morgan fingerprint density at radius 1 is 1.18 bits per heavy atom. The van der Waals surface area contributed by atoms with E-state index in [1.54, 1.807) is 6.92 Å². The molecule has 0 N–H and O–H groups in total. The first-order chi connectivity index (χ1) is 10.6. The van der Waals surface area contributed by atoms with E-state index in [1.807, 2.05) is 36.1 Å². The molecule has 1 atom stereocenters. The van der Waals surface area contributed by atoms with Crippen LogP contribution in [0.25, 0.3) is 0 Å². The van der Waals surface area contributed by atoms with E-state index >= 15 is 0 Å². The third-order valence-electron chi connectivity index (χ3n) is 4.33. The van der Waals surface area contributed by atoms with E-state index in [-0.39, 0.29) is 5.91 Å². The van der Waals surface area contributed by atoms with Gasteiger partial charge < -0.3 is 19.1 Å². The lowest BCUT2D eigenvalue weighted by Gasteiger charge is -2.38. The lowest BCUT2D eigenvalue weighted by Crippen LogP contribution is -2.50. The Balaban J connectivity index is 1.54. The molecule has 1 unspecified atom stereocenters. The van der Waals surface area contributed by atoms with Crippen molar-refractivity contribution < 1.29 is 19.0 Å². The highest BCUT2D eigenvalue weighted by Gasteiger charge is 2.41. The van der Waals surface area contributed by atoms with Crippen LogP contribution in [0.4, 0.5) is 0 Å². The van der Waals surface area contributed by atoms with Crippen LogP contribution in [0.15, 0.2) is 24.3 Å². The van der Waals surface area contributed by atoms with Crippen molar-refractivity contribution in [3.05, 3.63) is 29.8 Å². The lowest BCUT2D eigenvalue weighted by molar-refractivity contribution is -0.188. The molecular formula is C17H23NO4. The molecule has 0 bridgehead atoms. The minimum absolute atomic E-state index is 0.0217. The van der Waals surface area contributed by atoms with Gasteiger partial charge in [-0.3, -0.25) is 4.79 Å². The zero-order chi connectivity index (χ0) is 15.6. The zero-order valence-electron chi connectivity index (χ0n) is 13.2. The first-order valence-corrected chi connectivity index (χ1v) is 7.88. The van der Waals surface area contributed by atoms with Crippen LogP contribution >= 0.6 is 0 Å². The summed E-state index contributed by atoms with van der Waals surface area (Å²) >= 11 is 0. The lowest BCUT2D eigenvalue weighted by atomic mass is 10.0. The first kappa shape index (κ1) is 15.3. The van der Waals surface area contributed by atoms with Crippen LogP contribution in [-0.4, -0.2) is 49.0 Å². The van der Waals surface area contributed by atoms with Crippen LogP contribution < -0.4 is 4.74 Å². The normalized spacial score (nSPS) is 21.8. The molecule has 5 nitrogen and oxygen atoms in total. The number of carbonyl (C=O) groups is 1. The van der Waals surface area contributed by atoms with Gasteiger partial charge >= 0.3 is 0 Å². The van der Waals surface area contributed by atoms with E-state index in [1.165, 1.54) is 5.56 Å². The summed E-state index contributed by atoms with van der Waals surface area (Å²) in [6.45, 7) is 6.44. The van der Waals surface area contributed by atoms with Crippen molar-refractivity contribution in [3.63, 3.8) is 0 Å². The molecule has 0 radical (unpaired) electrons.